The van der Waals surface area contributed by atoms with Gasteiger partial charge in [-0.05, 0) is 43.4 Å². The van der Waals surface area contributed by atoms with Crippen LogP contribution >= 0.6 is 23.8 Å². The molecule has 0 saturated heterocycles. The predicted molar refractivity (Wildman–Crippen MR) is 68.2 cm³/mol. The molecule has 84 valence electrons. The average Bonchev–Trinajstić information content (AvgIpc) is 2.56. The third-order valence-corrected chi connectivity index (χ3v) is 3.16. The Morgan fingerprint density at radius 1 is 1.31 bits per heavy atom. The summed E-state index contributed by atoms with van der Waals surface area (Å²) in [7, 11) is 1.86. The van der Waals surface area contributed by atoms with Gasteiger partial charge in [0, 0.05) is 24.2 Å². The molecule has 0 unspecified atom stereocenters. The van der Waals surface area contributed by atoms with E-state index in [1.165, 1.54) is 0 Å². The van der Waals surface area contributed by atoms with Crippen LogP contribution in [0.5, 0.6) is 0 Å². The smallest absolute Gasteiger partial charge is 0.197 e. The molecule has 0 spiro atoms. The summed E-state index contributed by atoms with van der Waals surface area (Å²) in [6.45, 7) is 2.86. The summed E-state index contributed by atoms with van der Waals surface area (Å²) in [6.07, 6.45) is 0. The molecule has 0 atom stereocenters. The number of rotatable bonds is 2. The van der Waals surface area contributed by atoms with E-state index in [0.717, 1.165) is 27.7 Å². The van der Waals surface area contributed by atoms with Gasteiger partial charge in [0.2, 0.25) is 0 Å². The number of hydrogen-bond acceptors (Lipinski definition) is 2. The normalized spacial score (nSPS) is 10.7. The van der Waals surface area contributed by atoms with Crippen LogP contribution in [0.15, 0.2) is 24.3 Å². The van der Waals surface area contributed by atoms with Crippen molar-refractivity contribution in [2.45, 2.75) is 13.5 Å². The van der Waals surface area contributed by atoms with E-state index in [-0.39, 0.29) is 0 Å². The Kier molecular flexibility index (Phi) is 3.12. The molecular formula is C11H12ClN3S. The molecule has 1 aromatic heterocycles. The van der Waals surface area contributed by atoms with Gasteiger partial charge in [-0.3, -0.25) is 0 Å². The van der Waals surface area contributed by atoms with E-state index >= 15 is 0 Å². The highest BCUT2D eigenvalue weighted by Crippen LogP contribution is 2.20. The quantitative estimate of drug-likeness (QED) is 0.767. The minimum absolute atomic E-state index is 0.723. The first-order valence-corrected chi connectivity index (χ1v) is 5.82. The average molecular weight is 254 g/mol. The molecule has 0 aliphatic rings. The summed E-state index contributed by atoms with van der Waals surface area (Å²) in [5, 5.41) is 5.14. The maximum absolute atomic E-state index is 5.86. The maximum Gasteiger partial charge on any atom is 0.197 e. The van der Waals surface area contributed by atoms with E-state index in [1.807, 2.05) is 35.9 Å². The highest BCUT2D eigenvalue weighted by molar-refractivity contribution is 7.71. The van der Waals surface area contributed by atoms with Crippen molar-refractivity contribution in [3.05, 3.63) is 34.1 Å². The zero-order valence-corrected chi connectivity index (χ0v) is 10.7. The third-order valence-electron chi connectivity index (χ3n) is 2.43. The molecule has 3 nitrogen and oxygen atoms in total. The summed E-state index contributed by atoms with van der Waals surface area (Å²) in [6, 6.07) is 7.61. The molecule has 16 heavy (non-hydrogen) atoms. The number of halogens is 1. The van der Waals surface area contributed by atoms with Gasteiger partial charge in [-0.2, -0.15) is 5.10 Å². The number of benzene rings is 1. The summed E-state index contributed by atoms with van der Waals surface area (Å²) in [4.78, 5) is 0. The van der Waals surface area contributed by atoms with Crippen LogP contribution in [0.4, 0.5) is 0 Å². The highest BCUT2D eigenvalue weighted by atomic mass is 35.5. The molecule has 0 radical (unpaired) electrons. The van der Waals surface area contributed by atoms with Gasteiger partial charge in [-0.1, -0.05) is 11.6 Å². The molecule has 1 heterocycles. The SMILES string of the molecule is CCn1c(-c2ccc(Cl)cc2)nn(C)c1=S. The van der Waals surface area contributed by atoms with Crippen LogP contribution in [0.1, 0.15) is 6.92 Å². The van der Waals surface area contributed by atoms with Crippen LogP contribution < -0.4 is 0 Å². The van der Waals surface area contributed by atoms with Gasteiger partial charge in [0.1, 0.15) is 0 Å². The number of nitrogens with zero attached hydrogens (tertiary/aromatic N) is 3. The van der Waals surface area contributed by atoms with E-state index in [9.17, 15) is 0 Å². The summed E-state index contributed by atoms with van der Waals surface area (Å²) in [5.41, 5.74) is 1.03. The van der Waals surface area contributed by atoms with E-state index in [2.05, 4.69) is 12.0 Å². The number of hydrogen-bond donors (Lipinski definition) is 0. The molecule has 0 amide bonds. The topological polar surface area (TPSA) is 22.8 Å². The van der Waals surface area contributed by atoms with Crippen LogP contribution in [0.3, 0.4) is 0 Å². The van der Waals surface area contributed by atoms with Crippen molar-refractivity contribution in [2.24, 2.45) is 7.05 Å². The second kappa shape index (κ2) is 4.39. The fourth-order valence-corrected chi connectivity index (χ4v) is 1.98. The van der Waals surface area contributed by atoms with E-state index < -0.39 is 0 Å². The first-order valence-electron chi connectivity index (χ1n) is 5.03. The predicted octanol–water partition coefficient (Wildman–Crippen LogP) is 3.29. The van der Waals surface area contributed by atoms with Crippen LogP contribution in [-0.4, -0.2) is 14.3 Å². The molecule has 0 bridgehead atoms. The fourth-order valence-electron chi connectivity index (χ4n) is 1.60. The molecule has 5 heteroatoms. The first kappa shape index (κ1) is 11.4. The Morgan fingerprint density at radius 3 is 2.50 bits per heavy atom. The molecular weight excluding hydrogens is 242 g/mol. The van der Waals surface area contributed by atoms with Crippen LogP contribution in [-0.2, 0) is 13.6 Å². The molecule has 0 saturated carbocycles. The van der Waals surface area contributed by atoms with Crippen molar-refractivity contribution >= 4 is 23.8 Å². The molecule has 0 aliphatic carbocycles. The lowest BCUT2D eigenvalue weighted by Crippen LogP contribution is -1.97. The zero-order chi connectivity index (χ0) is 11.7. The van der Waals surface area contributed by atoms with Gasteiger partial charge in [-0.15, -0.1) is 0 Å². The van der Waals surface area contributed by atoms with Crippen LogP contribution in [0.2, 0.25) is 5.02 Å². The Labute approximate surface area is 104 Å². The summed E-state index contributed by atoms with van der Waals surface area (Å²) in [5.74, 6) is 0.881. The van der Waals surface area contributed by atoms with Crippen molar-refractivity contribution in [1.29, 1.82) is 0 Å². The van der Waals surface area contributed by atoms with Gasteiger partial charge in [0.25, 0.3) is 0 Å². The second-order valence-electron chi connectivity index (χ2n) is 3.48. The number of aryl methyl sites for hydroxylation is 1. The maximum atomic E-state index is 5.86. The highest BCUT2D eigenvalue weighted by Gasteiger charge is 2.09. The summed E-state index contributed by atoms with van der Waals surface area (Å²) < 4.78 is 4.44. The molecule has 2 aromatic rings. The second-order valence-corrected chi connectivity index (χ2v) is 4.28. The lowest BCUT2D eigenvalue weighted by atomic mass is 10.2. The van der Waals surface area contributed by atoms with Gasteiger partial charge < -0.3 is 4.57 Å². The molecule has 0 aliphatic heterocycles. The lowest BCUT2D eigenvalue weighted by Gasteiger charge is -2.02. The molecule has 0 N–H and O–H groups in total. The van der Waals surface area contributed by atoms with E-state index in [1.54, 1.807) is 4.68 Å². The van der Waals surface area contributed by atoms with Gasteiger partial charge in [0.15, 0.2) is 10.6 Å². The van der Waals surface area contributed by atoms with Crippen LogP contribution in [0, 0.1) is 4.77 Å². The monoisotopic (exact) mass is 253 g/mol. The fraction of sp³-hybridized carbons (Fsp3) is 0.273. The van der Waals surface area contributed by atoms with E-state index in [0.29, 0.717) is 0 Å². The molecule has 0 fully saturated rings. The number of aromatic nitrogens is 3. The Balaban J connectivity index is 2.60. The van der Waals surface area contributed by atoms with Crippen molar-refractivity contribution in [3.8, 4) is 11.4 Å². The Hall–Kier alpha value is -1.13. The van der Waals surface area contributed by atoms with Crippen molar-refractivity contribution in [1.82, 2.24) is 14.3 Å². The van der Waals surface area contributed by atoms with Crippen molar-refractivity contribution < 1.29 is 0 Å². The molecule has 1 aromatic carbocycles. The van der Waals surface area contributed by atoms with Gasteiger partial charge in [0.05, 0.1) is 0 Å². The Bertz CT molecular complexity index is 554. The Morgan fingerprint density at radius 2 is 1.94 bits per heavy atom. The minimum atomic E-state index is 0.723. The lowest BCUT2D eigenvalue weighted by molar-refractivity contribution is 0.708. The van der Waals surface area contributed by atoms with Crippen LogP contribution in [0.25, 0.3) is 11.4 Å². The van der Waals surface area contributed by atoms with E-state index in [4.69, 9.17) is 23.8 Å². The first-order chi connectivity index (χ1) is 7.63. The van der Waals surface area contributed by atoms with Gasteiger partial charge >= 0.3 is 0 Å². The van der Waals surface area contributed by atoms with Crippen molar-refractivity contribution in [2.75, 3.05) is 0 Å². The standard InChI is InChI=1S/C11H12ClN3S/c1-3-15-10(13-14(2)11(15)16)8-4-6-9(12)7-5-8/h4-7H,3H2,1-2H3. The van der Waals surface area contributed by atoms with Gasteiger partial charge in [-0.25, -0.2) is 4.68 Å². The largest absolute Gasteiger partial charge is 0.300 e. The molecule has 2 rings (SSSR count). The zero-order valence-electron chi connectivity index (χ0n) is 9.14. The van der Waals surface area contributed by atoms with Crippen molar-refractivity contribution in [3.63, 3.8) is 0 Å². The third kappa shape index (κ3) is 1.90. The summed E-state index contributed by atoms with van der Waals surface area (Å²) >= 11 is 11.1. The minimum Gasteiger partial charge on any atom is -0.300 e.